The predicted octanol–water partition coefficient (Wildman–Crippen LogP) is 1.43. The SMILES string of the molecule is CC1C=Cc2nonc2C2=C1O2. The van der Waals surface area contributed by atoms with Crippen molar-refractivity contribution in [3.63, 3.8) is 0 Å². The number of hydrogen-bond donors (Lipinski definition) is 0. The molecule has 2 heterocycles. The molecule has 1 aliphatic heterocycles. The third kappa shape index (κ3) is 0.617. The first-order valence-electron chi connectivity index (χ1n) is 3.79. The maximum atomic E-state index is 5.27. The Hall–Kier alpha value is -1.58. The van der Waals surface area contributed by atoms with Gasteiger partial charge in [0, 0.05) is 5.92 Å². The fourth-order valence-corrected chi connectivity index (χ4v) is 1.33. The quantitative estimate of drug-likeness (QED) is 0.579. The summed E-state index contributed by atoms with van der Waals surface area (Å²) in [5.41, 5.74) is 1.48. The lowest BCUT2D eigenvalue weighted by atomic mass is 10.1. The van der Waals surface area contributed by atoms with E-state index >= 15 is 0 Å². The minimum absolute atomic E-state index is 0.330. The molecule has 0 aromatic carbocycles. The van der Waals surface area contributed by atoms with E-state index in [1.54, 1.807) is 0 Å². The first-order valence-corrected chi connectivity index (χ1v) is 3.79. The fraction of sp³-hybridized carbons (Fsp3) is 0.250. The van der Waals surface area contributed by atoms with Crippen molar-refractivity contribution in [2.24, 2.45) is 5.92 Å². The van der Waals surface area contributed by atoms with Crippen molar-refractivity contribution in [3.05, 3.63) is 23.2 Å². The number of nitrogens with zero attached hydrogens (tertiary/aromatic N) is 2. The van der Waals surface area contributed by atoms with Crippen LogP contribution in [0.3, 0.4) is 0 Å². The van der Waals surface area contributed by atoms with Crippen LogP contribution in [0.2, 0.25) is 0 Å². The molecule has 0 fully saturated rings. The topological polar surface area (TPSA) is 51.5 Å². The molecule has 0 saturated heterocycles. The Labute approximate surface area is 68.5 Å². The lowest BCUT2D eigenvalue weighted by Crippen LogP contribution is -1.84. The molecule has 3 rings (SSSR count). The van der Waals surface area contributed by atoms with Gasteiger partial charge in [0.25, 0.3) is 0 Å². The summed E-state index contributed by atoms with van der Waals surface area (Å²) in [6, 6.07) is 0. The molecule has 1 atom stereocenters. The van der Waals surface area contributed by atoms with Crippen LogP contribution < -0.4 is 0 Å². The van der Waals surface area contributed by atoms with E-state index in [0.717, 1.165) is 22.9 Å². The minimum atomic E-state index is 0.330. The Morgan fingerprint density at radius 1 is 1.42 bits per heavy atom. The normalized spacial score (nSPS) is 24.2. The Bertz CT molecular complexity index is 403. The second kappa shape index (κ2) is 1.77. The van der Waals surface area contributed by atoms with Gasteiger partial charge in [-0.05, 0) is 16.4 Å². The molecule has 0 bridgehead atoms. The van der Waals surface area contributed by atoms with Crippen molar-refractivity contribution < 1.29 is 9.37 Å². The molecular weight excluding hydrogens is 156 g/mol. The number of allylic oxidation sites excluding steroid dienone is 1. The van der Waals surface area contributed by atoms with E-state index in [0.29, 0.717) is 5.92 Å². The highest BCUT2D eigenvalue weighted by atomic mass is 16.6. The lowest BCUT2D eigenvalue weighted by Gasteiger charge is -1.93. The van der Waals surface area contributed by atoms with Gasteiger partial charge in [-0.25, -0.2) is 4.63 Å². The molecule has 1 aromatic rings. The number of ether oxygens (including phenoxy) is 1. The Kier molecular flexibility index (Phi) is 0.885. The molecule has 60 valence electrons. The molecule has 1 aromatic heterocycles. The summed E-state index contributed by atoms with van der Waals surface area (Å²) in [5.74, 6) is 2.15. The second-order valence-electron chi connectivity index (χ2n) is 2.94. The zero-order chi connectivity index (χ0) is 8.13. The third-order valence-corrected chi connectivity index (χ3v) is 2.08. The molecule has 4 heteroatoms. The first kappa shape index (κ1) is 5.99. The molecule has 1 unspecified atom stereocenters. The predicted molar refractivity (Wildman–Crippen MR) is 40.5 cm³/mol. The molecule has 0 N–H and O–H groups in total. The summed E-state index contributed by atoms with van der Waals surface area (Å²) in [7, 11) is 0. The van der Waals surface area contributed by atoms with Gasteiger partial charge in [0.15, 0.2) is 17.2 Å². The van der Waals surface area contributed by atoms with Crippen molar-refractivity contribution in [2.75, 3.05) is 0 Å². The van der Waals surface area contributed by atoms with Crippen LogP contribution in [-0.4, -0.2) is 10.3 Å². The van der Waals surface area contributed by atoms with Crippen LogP contribution in [0.4, 0.5) is 0 Å². The number of aromatic nitrogens is 2. The van der Waals surface area contributed by atoms with Crippen LogP contribution in [0.1, 0.15) is 18.3 Å². The van der Waals surface area contributed by atoms with Gasteiger partial charge in [-0.3, -0.25) is 0 Å². The van der Waals surface area contributed by atoms with Crippen molar-refractivity contribution in [3.8, 4) is 0 Å². The molecule has 2 aliphatic rings. The molecule has 12 heavy (non-hydrogen) atoms. The molecule has 0 amide bonds. The highest BCUT2D eigenvalue weighted by Crippen LogP contribution is 2.43. The zero-order valence-electron chi connectivity index (χ0n) is 6.44. The van der Waals surface area contributed by atoms with Gasteiger partial charge >= 0.3 is 0 Å². The largest absolute Gasteiger partial charge is 0.451 e. The molecule has 0 saturated carbocycles. The monoisotopic (exact) mass is 162 g/mol. The van der Waals surface area contributed by atoms with Crippen molar-refractivity contribution >= 4 is 11.8 Å². The summed E-state index contributed by atoms with van der Waals surface area (Å²) in [6.07, 6.45) is 3.93. The highest BCUT2D eigenvalue weighted by Gasteiger charge is 2.36. The first-order chi connectivity index (χ1) is 5.86. The van der Waals surface area contributed by atoms with Crippen LogP contribution in [0.5, 0.6) is 0 Å². The van der Waals surface area contributed by atoms with Gasteiger partial charge in [-0.1, -0.05) is 13.0 Å². The van der Waals surface area contributed by atoms with E-state index in [1.165, 1.54) is 0 Å². The van der Waals surface area contributed by atoms with E-state index in [2.05, 4.69) is 21.9 Å². The van der Waals surface area contributed by atoms with E-state index in [9.17, 15) is 0 Å². The van der Waals surface area contributed by atoms with Crippen LogP contribution >= 0.6 is 0 Å². The van der Waals surface area contributed by atoms with Gasteiger partial charge in [-0.2, -0.15) is 0 Å². The van der Waals surface area contributed by atoms with Crippen LogP contribution in [-0.2, 0) is 4.74 Å². The van der Waals surface area contributed by atoms with Crippen LogP contribution in [0, 0.1) is 5.92 Å². The lowest BCUT2D eigenvalue weighted by molar-refractivity contribution is 0.304. The summed E-state index contributed by atoms with van der Waals surface area (Å²) in [6.45, 7) is 2.07. The van der Waals surface area contributed by atoms with E-state index < -0.39 is 0 Å². The highest BCUT2D eigenvalue weighted by molar-refractivity contribution is 5.77. The standard InChI is InChI=1S/C8H6N2O2/c1-4-2-3-5-6(10-12-9-5)8-7(4)11-8/h2-4H,1H3. The number of rotatable bonds is 0. The van der Waals surface area contributed by atoms with Gasteiger partial charge in [0.2, 0.25) is 0 Å². The average molecular weight is 162 g/mol. The zero-order valence-corrected chi connectivity index (χ0v) is 6.44. The van der Waals surface area contributed by atoms with Crippen molar-refractivity contribution in [1.82, 2.24) is 10.3 Å². The van der Waals surface area contributed by atoms with Crippen LogP contribution in [0.25, 0.3) is 11.8 Å². The summed E-state index contributed by atoms with van der Waals surface area (Å²) in [5, 5.41) is 7.49. The van der Waals surface area contributed by atoms with Gasteiger partial charge in [0.1, 0.15) is 5.69 Å². The fourth-order valence-electron chi connectivity index (χ4n) is 1.33. The third-order valence-electron chi connectivity index (χ3n) is 2.08. The van der Waals surface area contributed by atoms with E-state index in [-0.39, 0.29) is 0 Å². The molecule has 0 radical (unpaired) electrons. The van der Waals surface area contributed by atoms with Gasteiger partial charge in [-0.15, -0.1) is 0 Å². The summed E-state index contributed by atoms with van der Waals surface area (Å²) in [4.78, 5) is 0. The minimum Gasteiger partial charge on any atom is -0.451 e. The molecule has 0 spiro atoms. The van der Waals surface area contributed by atoms with E-state index in [1.807, 2.05) is 12.2 Å². The summed E-state index contributed by atoms with van der Waals surface area (Å²) >= 11 is 0. The maximum Gasteiger partial charge on any atom is 0.197 e. The maximum absolute atomic E-state index is 5.27. The van der Waals surface area contributed by atoms with Crippen molar-refractivity contribution in [2.45, 2.75) is 6.92 Å². The average Bonchev–Trinajstić information content (AvgIpc) is 2.75. The van der Waals surface area contributed by atoms with Gasteiger partial charge < -0.3 is 4.74 Å². The molecular formula is C8H6N2O2. The Morgan fingerprint density at radius 2 is 2.33 bits per heavy atom. The Balaban J connectivity index is 2.23. The Morgan fingerprint density at radius 3 is 3.25 bits per heavy atom. The van der Waals surface area contributed by atoms with Crippen molar-refractivity contribution in [1.29, 1.82) is 0 Å². The van der Waals surface area contributed by atoms with Crippen LogP contribution in [0.15, 0.2) is 16.5 Å². The molecule has 4 nitrogen and oxygen atoms in total. The summed E-state index contributed by atoms with van der Waals surface area (Å²) < 4.78 is 9.86. The van der Waals surface area contributed by atoms with E-state index in [4.69, 9.17) is 4.74 Å². The smallest absolute Gasteiger partial charge is 0.197 e. The number of fused-ring (bicyclic) bond motifs is 2. The second-order valence-corrected chi connectivity index (χ2v) is 2.94. The van der Waals surface area contributed by atoms with Gasteiger partial charge in [0.05, 0.1) is 0 Å². The number of hydrogen-bond acceptors (Lipinski definition) is 4. The molecule has 1 aliphatic carbocycles.